The van der Waals surface area contributed by atoms with Crippen LogP contribution >= 0.6 is 0 Å². The number of Topliss-reactive ketones (excluding diaryl/α,β-unsaturated/α-hetero) is 1. The van der Waals surface area contributed by atoms with E-state index in [0.717, 1.165) is 37.8 Å². The Hall–Kier alpha value is -1.68. The van der Waals surface area contributed by atoms with Gasteiger partial charge in [-0.25, -0.2) is 0 Å². The Morgan fingerprint density at radius 1 is 1.32 bits per heavy atom. The van der Waals surface area contributed by atoms with Gasteiger partial charge in [0.15, 0.2) is 5.78 Å². The largest absolute Gasteiger partial charge is 0.388 e. The molecule has 1 heterocycles. The highest BCUT2D eigenvalue weighted by Gasteiger charge is 2.48. The van der Waals surface area contributed by atoms with E-state index in [1.54, 1.807) is 6.07 Å². The van der Waals surface area contributed by atoms with Crippen molar-refractivity contribution < 1.29 is 14.7 Å². The smallest absolute Gasteiger partial charge is 0.229 e. The van der Waals surface area contributed by atoms with Crippen molar-refractivity contribution in [2.24, 2.45) is 5.41 Å². The van der Waals surface area contributed by atoms with Crippen LogP contribution in [0.1, 0.15) is 48.2 Å². The lowest BCUT2D eigenvalue weighted by Crippen LogP contribution is -2.41. The maximum Gasteiger partial charge on any atom is 0.229 e. The Labute approximate surface area is 131 Å². The third-order valence-electron chi connectivity index (χ3n) is 5.24. The highest BCUT2D eigenvalue weighted by molar-refractivity contribution is 5.97. The molecule has 2 aliphatic rings. The molecule has 1 atom stereocenters. The lowest BCUT2D eigenvalue weighted by molar-refractivity contribution is -0.138. The second kappa shape index (κ2) is 5.51. The van der Waals surface area contributed by atoms with Crippen molar-refractivity contribution in [1.82, 2.24) is 4.90 Å². The molecule has 0 bridgehead atoms. The molecule has 1 unspecified atom stereocenters. The Bertz CT molecular complexity index is 623. The third kappa shape index (κ3) is 2.35. The quantitative estimate of drug-likeness (QED) is 0.869. The van der Waals surface area contributed by atoms with Gasteiger partial charge in [-0.15, -0.1) is 0 Å². The SMILES string of the molecule is CC(C)N1CCC2(CCc3ccc(C(=O)CO)cc3C2)C1=O. The van der Waals surface area contributed by atoms with Crippen LogP contribution in [0.4, 0.5) is 0 Å². The maximum atomic E-state index is 12.8. The van der Waals surface area contributed by atoms with E-state index in [4.69, 9.17) is 5.11 Å². The van der Waals surface area contributed by atoms with Crippen LogP contribution < -0.4 is 0 Å². The van der Waals surface area contributed by atoms with Gasteiger partial charge >= 0.3 is 0 Å². The number of benzene rings is 1. The maximum absolute atomic E-state index is 12.8. The molecule has 1 aromatic rings. The number of hydrogen-bond donors (Lipinski definition) is 1. The van der Waals surface area contributed by atoms with E-state index < -0.39 is 6.61 Å². The van der Waals surface area contributed by atoms with Gasteiger partial charge in [0.25, 0.3) is 0 Å². The van der Waals surface area contributed by atoms with Gasteiger partial charge < -0.3 is 10.0 Å². The molecule has 3 rings (SSSR count). The monoisotopic (exact) mass is 301 g/mol. The van der Waals surface area contributed by atoms with Crippen LogP contribution in [-0.2, 0) is 17.6 Å². The molecular formula is C18H23NO3. The first-order valence-electron chi connectivity index (χ1n) is 8.04. The average Bonchev–Trinajstić information content (AvgIpc) is 2.82. The molecule has 1 N–H and O–H groups in total. The summed E-state index contributed by atoms with van der Waals surface area (Å²) in [6.07, 6.45) is 3.41. The van der Waals surface area contributed by atoms with E-state index in [0.29, 0.717) is 5.56 Å². The fourth-order valence-electron chi connectivity index (χ4n) is 3.86. The van der Waals surface area contributed by atoms with E-state index in [9.17, 15) is 9.59 Å². The van der Waals surface area contributed by atoms with Crippen molar-refractivity contribution in [3.63, 3.8) is 0 Å². The highest BCUT2D eigenvalue weighted by Crippen LogP contribution is 2.44. The lowest BCUT2D eigenvalue weighted by Gasteiger charge is -2.34. The predicted octanol–water partition coefficient (Wildman–Crippen LogP) is 1.98. The number of aliphatic hydroxyl groups is 1. The van der Waals surface area contributed by atoms with Crippen LogP contribution in [0.15, 0.2) is 18.2 Å². The van der Waals surface area contributed by atoms with Gasteiger partial charge in [-0.05, 0) is 56.7 Å². The van der Waals surface area contributed by atoms with Gasteiger partial charge in [-0.2, -0.15) is 0 Å². The molecule has 4 nitrogen and oxygen atoms in total. The summed E-state index contributed by atoms with van der Waals surface area (Å²) in [6.45, 7) is 4.49. The molecule has 0 saturated carbocycles. The van der Waals surface area contributed by atoms with Crippen molar-refractivity contribution in [3.8, 4) is 0 Å². The minimum atomic E-state index is -0.468. The normalized spacial score (nSPS) is 24.2. The number of amides is 1. The number of rotatable bonds is 3. The Kier molecular flexibility index (Phi) is 3.81. The predicted molar refractivity (Wildman–Crippen MR) is 83.8 cm³/mol. The molecule has 118 valence electrons. The zero-order chi connectivity index (χ0) is 15.9. The fourth-order valence-corrected chi connectivity index (χ4v) is 3.86. The molecule has 1 amide bonds. The first-order valence-corrected chi connectivity index (χ1v) is 8.04. The highest BCUT2D eigenvalue weighted by atomic mass is 16.3. The number of nitrogens with zero attached hydrogens (tertiary/aromatic N) is 1. The van der Waals surface area contributed by atoms with Gasteiger partial charge in [0.2, 0.25) is 5.91 Å². The summed E-state index contributed by atoms with van der Waals surface area (Å²) < 4.78 is 0. The molecule has 4 heteroatoms. The van der Waals surface area contributed by atoms with Crippen LogP contribution in [0.2, 0.25) is 0 Å². The van der Waals surface area contributed by atoms with Gasteiger partial charge in [0, 0.05) is 18.2 Å². The molecule has 22 heavy (non-hydrogen) atoms. The number of carbonyl (C=O) groups excluding carboxylic acids is 2. The van der Waals surface area contributed by atoms with E-state index in [1.165, 1.54) is 5.56 Å². The van der Waals surface area contributed by atoms with Gasteiger partial charge in [0.05, 0.1) is 5.41 Å². The van der Waals surface area contributed by atoms with E-state index in [1.807, 2.05) is 17.0 Å². The Morgan fingerprint density at radius 2 is 2.09 bits per heavy atom. The van der Waals surface area contributed by atoms with Gasteiger partial charge in [-0.3, -0.25) is 9.59 Å². The molecule has 1 aliphatic carbocycles. The number of likely N-dealkylation sites (tertiary alicyclic amines) is 1. The van der Waals surface area contributed by atoms with Gasteiger partial charge in [0.1, 0.15) is 6.61 Å². The lowest BCUT2D eigenvalue weighted by atomic mass is 9.70. The first kappa shape index (κ1) is 15.2. The van der Waals surface area contributed by atoms with E-state index in [-0.39, 0.29) is 23.1 Å². The molecule has 1 saturated heterocycles. The fraction of sp³-hybridized carbons (Fsp3) is 0.556. The van der Waals surface area contributed by atoms with Crippen molar-refractivity contribution in [2.45, 2.75) is 45.6 Å². The number of aryl methyl sites for hydroxylation is 1. The standard InChI is InChI=1S/C18H23NO3/c1-12(2)19-8-7-18(17(19)22)6-5-13-3-4-14(16(21)11-20)9-15(13)10-18/h3-4,9,12,20H,5-8,10-11H2,1-2H3. The summed E-state index contributed by atoms with van der Waals surface area (Å²) in [5.41, 5.74) is 2.60. The van der Waals surface area contributed by atoms with E-state index >= 15 is 0 Å². The van der Waals surface area contributed by atoms with Gasteiger partial charge in [-0.1, -0.05) is 12.1 Å². The zero-order valence-electron chi connectivity index (χ0n) is 13.3. The number of aliphatic hydroxyl groups excluding tert-OH is 1. The molecule has 0 aromatic heterocycles. The minimum Gasteiger partial charge on any atom is -0.388 e. The summed E-state index contributed by atoms with van der Waals surface area (Å²) in [6, 6.07) is 5.88. The number of hydrogen-bond acceptors (Lipinski definition) is 3. The van der Waals surface area contributed by atoms with Crippen LogP contribution in [0.5, 0.6) is 0 Å². The summed E-state index contributed by atoms with van der Waals surface area (Å²) in [5.74, 6) is 0.0102. The Morgan fingerprint density at radius 3 is 2.73 bits per heavy atom. The first-order chi connectivity index (χ1) is 10.5. The van der Waals surface area contributed by atoms with Crippen LogP contribution in [0, 0.1) is 5.41 Å². The third-order valence-corrected chi connectivity index (χ3v) is 5.24. The number of fused-ring (bicyclic) bond motifs is 1. The molecular weight excluding hydrogens is 278 g/mol. The van der Waals surface area contributed by atoms with Crippen molar-refractivity contribution in [1.29, 1.82) is 0 Å². The topological polar surface area (TPSA) is 57.6 Å². The van der Waals surface area contributed by atoms with Crippen LogP contribution in [-0.4, -0.2) is 40.9 Å². The molecule has 1 spiro atoms. The van der Waals surface area contributed by atoms with Crippen LogP contribution in [0.3, 0.4) is 0 Å². The van der Waals surface area contributed by atoms with E-state index in [2.05, 4.69) is 13.8 Å². The second-order valence-electron chi connectivity index (χ2n) is 6.86. The molecule has 1 aromatic carbocycles. The van der Waals surface area contributed by atoms with Crippen LogP contribution in [0.25, 0.3) is 0 Å². The second-order valence-corrected chi connectivity index (χ2v) is 6.86. The van der Waals surface area contributed by atoms with Crippen molar-refractivity contribution in [2.75, 3.05) is 13.2 Å². The summed E-state index contributed by atoms with van der Waals surface area (Å²) in [5, 5.41) is 9.02. The van der Waals surface area contributed by atoms with Crippen molar-refractivity contribution >= 4 is 11.7 Å². The minimum absolute atomic E-state index is 0.246. The molecule has 0 radical (unpaired) electrons. The molecule has 1 aliphatic heterocycles. The summed E-state index contributed by atoms with van der Waals surface area (Å²) in [7, 11) is 0. The summed E-state index contributed by atoms with van der Waals surface area (Å²) in [4.78, 5) is 26.5. The zero-order valence-corrected chi connectivity index (χ0v) is 13.3. The Balaban J connectivity index is 1.90. The van der Waals surface area contributed by atoms with Crippen molar-refractivity contribution in [3.05, 3.63) is 34.9 Å². The number of carbonyl (C=O) groups is 2. The average molecular weight is 301 g/mol. The molecule has 1 fully saturated rings. The summed E-state index contributed by atoms with van der Waals surface area (Å²) >= 11 is 0. The number of ketones is 1.